The van der Waals surface area contributed by atoms with Gasteiger partial charge in [0.25, 0.3) is 0 Å². The molecule has 3 aromatic carbocycles. The Hall–Kier alpha value is -2.61. The first-order valence-electron chi connectivity index (χ1n) is 10.3. The number of benzene rings is 3. The van der Waals surface area contributed by atoms with Crippen molar-refractivity contribution in [3.05, 3.63) is 106 Å². The Labute approximate surface area is 194 Å². The minimum atomic E-state index is -0.958. The molecule has 2 N–H and O–H groups in total. The third-order valence-electron chi connectivity index (χ3n) is 5.78. The first-order valence-corrected chi connectivity index (χ1v) is 11.1. The molecule has 0 aromatic heterocycles. The molecule has 3 aromatic rings. The third-order valence-corrected chi connectivity index (χ3v) is 6.28. The maximum atomic E-state index is 13.4. The van der Waals surface area contributed by atoms with Crippen LogP contribution >= 0.6 is 15.9 Å². The lowest BCUT2D eigenvalue weighted by Crippen LogP contribution is -2.47. The number of carbonyl (C=O) groups is 1. The topological polar surface area (TPSA) is 52.6 Å². The largest absolute Gasteiger partial charge is 0.390 e. The summed E-state index contributed by atoms with van der Waals surface area (Å²) in [5, 5.41) is 14.0. The third kappa shape index (κ3) is 5.23. The first-order chi connectivity index (χ1) is 15.4. The molecule has 4 nitrogen and oxygen atoms in total. The highest BCUT2D eigenvalue weighted by molar-refractivity contribution is 9.10. The Morgan fingerprint density at radius 1 is 1.00 bits per heavy atom. The van der Waals surface area contributed by atoms with E-state index < -0.39 is 12.1 Å². The van der Waals surface area contributed by atoms with Crippen LogP contribution in [0, 0.1) is 11.6 Å². The van der Waals surface area contributed by atoms with E-state index in [0.29, 0.717) is 13.1 Å². The van der Waals surface area contributed by atoms with Crippen molar-refractivity contribution in [2.45, 2.75) is 31.2 Å². The Morgan fingerprint density at radius 3 is 2.31 bits per heavy atom. The molecule has 1 aliphatic rings. The highest BCUT2D eigenvalue weighted by Gasteiger charge is 2.45. The average molecular weight is 501 g/mol. The van der Waals surface area contributed by atoms with E-state index in [1.165, 1.54) is 24.3 Å². The lowest BCUT2D eigenvalue weighted by molar-refractivity contribution is -0.128. The van der Waals surface area contributed by atoms with Gasteiger partial charge < -0.3 is 10.4 Å². The number of nitrogens with zero attached hydrogens (tertiary/aromatic N) is 1. The molecule has 32 heavy (non-hydrogen) atoms. The maximum Gasteiger partial charge on any atom is 0.240 e. The molecule has 1 fully saturated rings. The average Bonchev–Trinajstić information content (AvgIpc) is 3.09. The Morgan fingerprint density at radius 2 is 1.66 bits per heavy atom. The van der Waals surface area contributed by atoms with Gasteiger partial charge in [0, 0.05) is 30.0 Å². The van der Waals surface area contributed by atoms with Crippen molar-refractivity contribution in [3.63, 3.8) is 0 Å². The molecule has 0 saturated carbocycles. The van der Waals surface area contributed by atoms with E-state index in [0.717, 1.165) is 21.2 Å². The number of rotatable bonds is 6. The molecule has 0 unspecified atom stereocenters. The second kappa shape index (κ2) is 9.90. The van der Waals surface area contributed by atoms with Crippen LogP contribution in [0.3, 0.4) is 0 Å². The zero-order valence-electron chi connectivity index (χ0n) is 17.2. The Balaban J connectivity index is 1.55. The molecule has 0 aliphatic carbocycles. The van der Waals surface area contributed by atoms with Gasteiger partial charge in [-0.3, -0.25) is 9.69 Å². The van der Waals surface area contributed by atoms with E-state index in [4.69, 9.17) is 0 Å². The number of aliphatic hydroxyl groups excluding tert-OH is 1. The van der Waals surface area contributed by atoms with Gasteiger partial charge in [-0.1, -0.05) is 52.3 Å². The summed E-state index contributed by atoms with van der Waals surface area (Å²) in [4.78, 5) is 15.1. The van der Waals surface area contributed by atoms with Crippen molar-refractivity contribution >= 4 is 21.8 Å². The van der Waals surface area contributed by atoms with Gasteiger partial charge in [-0.15, -0.1) is 0 Å². The van der Waals surface area contributed by atoms with Gasteiger partial charge in [-0.2, -0.15) is 0 Å². The van der Waals surface area contributed by atoms with Crippen LogP contribution in [0.2, 0.25) is 0 Å². The van der Waals surface area contributed by atoms with E-state index in [1.807, 2.05) is 29.2 Å². The minimum Gasteiger partial charge on any atom is -0.390 e. The van der Waals surface area contributed by atoms with Gasteiger partial charge in [0.2, 0.25) is 5.91 Å². The second-order valence-electron chi connectivity index (χ2n) is 8.00. The van der Waals surface area contributed by atoms with Crippen LogP contribution in [0.4, 0.5) is 8.78 Å². The van der Waals surface area contributed by atoms with Crippen molar-refractivity contribution in [3.8, 4) is 0 Å². The van der Waals surface area contributed by atoms with Crippen molar-refractivity contribution < 1.29 is 18.7 Å². The molecule has 0 radical (unpaired) electrons. The quantitative estimate of drug-likeness (QED) is 0.528. The van der Waals surface area contributed by atoms with Gasteiger partial charge in [0.1, 0.15) is 17.7 Å². The molecule has 0 spiro atoms. The fourth-order valence-electron chi connectivity index (χ4n) is 4.17. The molecule has 166 valence electrons. The number of hydrogen-bond donors (Lipinski definition) is 2. The number of aliphatic hydroxyl groups is 1. The number of likely N-dealkylation sites (tertiary alicyclic amines) is 1. The van der Waals surface area contributed by atoms with Crippen molar-refractivity contribution in [1.82, 2.24) is 10.2 Å². The fourth-order valence-corrected chi connectivity index (χ4v) is 4.62. The molecule has 1 aliphatic heterocycles. The zero-order valence-corrected chi connectivity index (χ0v) is 18.8. The fraction of sp³-hybridized carbons (Fsp3) is 0.240. The molecule has 1 amide bonds. The standard InChI is InChI=1S/C25H23BrF2N2O2/c26-19-3-1-2-17(12-19)14-30-15-22(18-6-10-21(28)11-7-18)24(31)23(30)25(32)29-13-16-4-8-20(27)9-5-16/h1-12,22-24,31H,13-15H2,(H,29,32)/t22-,23+,24-/m1/s1. The highest BCUT2D eigenvalue weighted by atomic mass is 79.9. The van der Waals surface area contributed by atoms with Crippen molar-refractivity contribution in [2.24, 2.45) is 0 Å². The lowest BCUT2D eigenvalue weighted by atomic mass is 9.93. The van der Waals surface area contributed by atoms with Crippen molar-refractivity contribution in [1.29, 1.82) is 0 Å². The van der Waals surface area contributed by atoms with Crippen LogP contribution in [0.5, 0.6) is 0 Å². The summed E-state index contributed by atoms with van der Waals surface area (Å²) in [7, 11) is 0. The molecule has 1 saturated heterocycles. The predicted octanol–water partition coefficient (Wildman–Crippen LogP) is 4.37. The minimum absolute atomic E-state index is 0.230. The molecule has 4 rings (SSSR count). The first kappa shape index (κ1) is 22.6. The number of hydrogen-bond acceptors (Lipinski definition) is 3. The number of carbonyl (C=O) groups excluding carboxylic acids is 1. The van der Waals surface area contributed by atoms with Crippen molar-refractivity contribution in [2.75, 3.05) is 6.54 Å². The van der Waals surface area contributed by atoms with Gasteiger partial charge in [-0.25, -0.2) is 8.78 Å². The maximum absolute atomic E-state index is 13.4. The lowest BCUT2D eigenvalue weighted by Gasteiger charge is -2.25. The number of amides is 1. The van der Waals surface area contributed by atoms with Gasteiger partial charge >= 0.3 is 0 Å². The van der Waals surface area contributed by atoms with E-state index in [-0.39, 0.29) is 30.0 Å². The summed E-state index contributed by atoms with van der Waals surface area (Å²) in [6, 6.07) is 19.0. The Kier molecular flexibility index (Phi) is 6.98. The molecular weight excluding hydrogens is 478 g/mol. The number of nitrogens with one attached hydrogen (secondary N) is 1. The van der Waals surface area contributed by atoms with E-state index in [1.54, 1.807) is 24.3 Å². The molecule has 0 bridgehead atoms. The van der Waals surface area contributed by atoms with Crippen LogP contribution in [0.1, 0.15) is 22.6 Å². The summed E-state index contributed by atoms with van der Waals surface area (Å²) >= 11 is 3.47. The smallest absolute Gasteiger partial charge is 0.240 e. The van der Waals surface area contributed by atoms with Crippen LogP contribution < -0.4 is 5.32 Å². The zero-order chi connectivity index (χ0) is 22.7. The van der Waals surface area contributed by atoms with Gasteiger partial charge in [0.05, 0.1) is 6.10 Å². The normalized spacial score (nSPS) is 20.9. The van der Waals surface area contributed by atoms with E-state index in [9.17, 15) is 18.7 Å². The Bertz CT molecular complexity index is 1080. The van der Waals surface area contributed by atoms with Gasteiger partial charge in [-0.05, 0) is 53.1 Å². The second-order valence-corrected chi connectivity index (χ2v) is 8.91. The summed E-state index contributed by atoms with van der Waals surface area (Å²) in [5.74, 6) is -1.32. The summed E-state index contributed by atoms with van der Waals surface area (Å²) in [6.07, 6.45) is -0.958. The van der Waals surface area contributed by atoms with E-state index in [2.05, 4.69) is 21.2 Å². The highest BCUT2D eigenvalue weighted by Crippen LogP contribution is 2.34. The van der Waals surface area contributed by atoms with Crippen LogP contribution in [0.15, 0.2) is 77.3 Å². The molecule has 1 heterocycles. The number of halogens is 3. The van der Waals surface area contributed by atoms with E-state index >= 15 is 0 Å². The van der Waals surface area contributed by atoms with Gasteiger partial charge in [0.15, 0.2) is 0 Å². The van der Waals surface area contributed by atoms with Crippen LogP contribution in [-0.2, 0) is 17.9 Å². The molecular formula is C25H23BrF2N2O2. The SMILES string of the molecule is O=C(NCc1ccc(F)cc1)[C@@H]1[C@H](O)[C@@H](c2ccc(F)cc2)CN1Cc1cccc(Br)c1. The summed E-state index contributed by atoms with van der Waals surface area (Å²) in [5.41, 5.74) is 2.55. The van der Waals surface area contributed by atoms with Crippen LogP contribution in [0.25, 0.3) is 0 Å². The monoisotopic (exact) mass is 500 g/mol. The predicted molar refractivity (Wildman–Crippen MR) is 122 cm³/mol. The summed E-state index contributed by atoms with van der Waals surface area (Å²) < 4.78 is 27.5. The summed E-state index contributed by atoms with van der Waals surface area (Å²) in [6.45, 7) is 1.16. The molecule has 7 heteroatoms. The molecule has 3 atom stereocenters. The van der Waals surface area contributed by atoms with Crippen LogP contribution in [-0.4, -0.2) is 34.6 Å².